The Labute approximate surface area is 163 Å². The number of aromatic nitrogens is 3. The van der Waals surface area contributed by atoms with Crippen molar-refractivity contribution < 1.29 is 4.79 Å². The van der Waals surface area contributed by atoms with Crippen LogP contribution in [0, 0.1) is 5.92 Å². The lowest BCUT2D eigenvalue weighted by Crippen LogP contribution is -2.47. The van der Waals surface area contributed by atoms with Crippen molar-refractivity contribution in [2.24, 2.45) is 5.92 Å². The van der Waals surface area contributed by atoms with Gasteiger partial charge < -0.3 is 9.80 Å². The van der Waals surface area contributed by atoms with Gasteiger partial charge in [0.1, 0.15) is 0 Å². The molecule has 4 fully saturated rings. The molecule has 5 heterocycles. The first-order chi connectivity index (χ1) is 13.3. The highest BCUT2D eigenvalue weighted by Crippen LogP contribution is 2.35. The highest BCUT2D eigenvalue weighted by Gasteiger charge is 2.41. The van der Waals surface area contributed by atoms with Crippen LogP contribution in [0.4, 0.5) is 5.95 Å². The van der Waals surface area contributed by atoms with Gasteiger partial charge in [-0.1, -0.05) is 12.8 Å². The van der Waals surface area contributed by atoms with Crippen LogP contribution in [0.3, 0.4) is 0 Å². The summed E-state index contributed by atoms with van der Waals surface area (Å²) in [4.78, 5) is 31.2. The summed E-state index contributed by atoms with van der Waals surface area (Å²) in [6, 6.07) is 2.29. The summed E-state index contributed by atoms with van der Waals surface area (Å²) >= 11 is 1.59. The van der Waals surface area contributed by atoms with Gasteiger partial charge in [0.05, 0.1) is 23.7 Å². The smallest absolute Gasteiger partial charge is 0.228 e. The first-order valence-corrected chi connectivity index (χ1v) is 11.0. The molecule has 0 N–H and O–H groups in total. The highest BCUT2D eigenvalue weighted by atomic mass is 32.1. The van der Waals surface area contributed by atoms with Crippen LogP contribution in [0.15, 0.2) is 23.2 Å². The Bertz CT molecular complexity index is 804. The predicted molar refractivity (Wildman–Crippen MR) is 105 cm³/mol. The van der Waals surface area contributed by atoms with E-state index in [-0.39, 0.29) is 17.9 Å². The SMILES string of the molecule is O=C1[C@H]2CC[C@H](CN(c3nccc(C4CCCC4)n3)C2)N1Cc1cscn1. The Morgan fingerprint density at radius 1 is 1.07 bits per heavy atom. The summed E-state index contributed by atoms with van der Waals surface area (Å²) in [5.74, 6) is 1.70. The zero-order valence-electron chi connectivity index (χ0n) is 15.5. The molecule has 0 unspecified atom stereocenters. The molecule has 6 nitrogen and oxygen atoms in total. The minimum atomic E-state index is 0.0427. The Morgan fingerprint density at radius 3 is 2.78 bits per heavy atom. The molecular weight excluding hydrogens is 358 g/mol. The third-order valence-electron chi connectivity index (χ3n) is 6.33. The molecule has 0 aromatic carbocycles. The Hall–Kier alpha value is -2.02. The summed E-state index contributed by atoms with van der Waals surface area (Å²) in [7, 11) is 0. The van der Waals surface area contributed by atoms with Crippen molar-refractivity contribution >= 4 is 23.2 Å². The van der Waals surface area contributed by atoms with E-state index in [1.54, 1.807) is 11.3 Å². The van der Waals surface area contributed by atoms with E-state index < -0.39 is 0 Å². The number of nitrogens with zero attached hydrogens (tertiary/aromatic N) is 5. The number of fused-ring (bicyclic) bond motifs is 4. The molecule has 1 amide bonds. The fraction of sp³-hybridized carbons (Fsp3) is 0.600. The van der Waals surface area contributed by atoms with E-state index in [1.165, 1.54) is 31.4 Å². The summed E-state index contributed by atoms with van der Waals surface area (Å²) in [6.45, 7) is 2.18. The van der Waals surface area contributed by atoms with Gasteiger partial charge in [-0.2, -0.15) is 0 Å². The molecule has 3 saturated heterocycles. The van der Waals surface area contributed by atoms with E-state index >= 15 is 0 Å². The summed E-state index contributed by atoms with van der Waals surface area (Å²) in [5.41, 5.74) is 4.01. The van der Waals surface area contributed by atoms with E-state index in [0.717, 1.165) is 37.6 Å². The maximum absolute atomic E-state index is 13.0. The Balaban J connectivity index is 1.38. The number of anilines is 1. The van der Waals surface area contributed by atoms with Gasteiger partial charge in [0.15, 0.2) is 0 Å². The summed E-state index contributed by atoms with van der Waals surface area (Å²) < 4.78 is 0. The Kier molecular flexibility index (Phi) is 4.55. The standard InChI is InChI=1S/C20H25N5OS/c26-19-15-5-6-17(25(19)10-16-12-27-13-22-16)11-24(9-15)20-21-8-7-18(23-20)14-3-1-2-4-14/h7-8,12-15,17H,1-6,9-11H2/t15-,17+/m0/s1. The van der Waals surface area contributed by atoms with Crippen LogP contribution in [0.2, 0.25) is 0 Å². The number of carbonyl (C=O) groups excluding carboxylic acids is 1. The van der Waals surface area contributed by atoms with Crippen LogP contribution in [-0.4, -0.2) is 44.9 Å². The number of thiazole rings is 1. The van der Waals surface area contributed by atoms with Crippen LogP contribution in [-0.2, 0) is 11.3 Å². The van der Waals surface area contributed by atoms with Crippen molar-refractivity contribution in [1.82, 2.24) is 19.9 Å². The van der Waals surface area contributed by atoms with E-state index in [1.807, 2.05) is 22.0 Å². The minimum absolute atomic E-state index is 0.0427. The van der Waals surface area contributed by atoms with Gasteiger partial charge in [0, 0.05) is 42.3 Å². The number of rotatable bonds is 4. The van der Waals surface area contributed by atoms with E-state index in [2.05, 4.69) is 20.9 Å². The number of piperidine rings is 1. The largest absolute Gasteiger partial charge is 0.338 e. The van der Waals surface area contributed by atoms with E-state index in [0.29, 0.717) is 12.5 Å². The number of hydrogen-bond acceptors (Lipinski definition) is 6. The van der Waals surface area contributed by atoms with Crippen molar-refractivity contribution in [3.8, 4) is 0 Å². The van der Waals surface area contributed by atoms with Crippen molar-refractivity contribution in [2.45, 2.75) is 57.0 Å². The fourth-order valence-electron chi connectivity index (χ4n) is 4.87. The molecule has 2 aromatic rings. The van der Waals surface area contributed by atoms with Crippen molar-refractivity contribution in [3.63, 3.8) is 0 Å². The molecule has 1 saturated carbocycles. The molecule has 7 heteroatoms. The molecule has 6 rings (SSSR count). The maximum atomic E-state index is 13.0. The molecule has 1 aliphatic carbocycles. The molecule has 2 bridgehead atoms. The van der Waals surface area contributed by atoms with E-state index in [9.17, 15) is 4.79 Å². The van der Waals surface area contributed by atoms with Gasteiger partial charge >= 0.3 is 0 Å². The molecule has 2 aromatic heterocycles. The van der Waals surface area contributed by atoms with Gasteiger partial charge in [-0.3, -0.25) is 4.79 Å². The Morgan fingerprint density at radius 2 is 1.96 bits per heavy atom. The van der Waals surface area contributed by atoms with E-state index in [4.69, 9.17) is 4.98 Å². The summed E-state index contributed by atoms with van der Waals surface area (Å²) in [6.07, 6.45) is 9.01. The number of amides is 1. The topological polar surface area (TPSA) is 62.2 Å². The quantitative estimate of drug-likeness (QED) is 0.811. The highest BCUT2D eigenvalue weighted by molar-refractivity contribution is 7.07. The first kappa shape index (κ1) is 17.1. The average molecular weight is 384 g/mol. The van der Waals surface area contributed by atoms with Crippen LogP contribution in [0.1, 0.15) is 55.8 Å². The third kappa shape index (κ3) is 3.33. The lowest BCUT2D eigenvalue weighted by atomic mass is 9.94. The fourth-order valence-corrected chi connectivity index (χ4v) is 5.41. The molecule has 4 aliphatic rings. The average Bonchev–Trinajstić information content (AvgIpc) is 3.34. The second-order valence-corrected chi connectivity index (χ2v) is 8.76. The monoisotopic (exact) mass is 383 g/mol. The molecule has 27 heavy (non-hydrogen) atoms. The lowest BCUT2D eigenvalue weighted by molar-refractivity contribution is -0.140. The van der Waals surface area contributed by atoms with Gasteiger partial charge in [0.25, 0.3) is 0 Å². The van der Waals surface area contributed by atoms with Crippen LogP contribution in [0.5, 0.6) is 0 Å². The molecule has 2 atom stereocenters. The summed E-state index contributed by atoms with van der Waals surface area (Å²) in [5, 5.41) is 2.04. The lowest BCUT2D eigenvalue weighted by Gasteiger charge is -2.35. The number of carbonyl (C=O) groups is 1. The third-order valence-corrected chi connectivity index (χ3v) is 6.97. The molecule has 0 spiro atoms. The van der Waals surface area contributed by atoms with Crippen molar-refractivity contribution in [1.29, 1.82) is 0 Å². The second-order valence-electron chi connectivity index (χ2n) is 8.04. The van der Waals surface area contributed by atoms with Gasteiger partial charge in [-0.25, -0.2) is 15.0 Å². The van der Waals surface area contributed by atoms with Crippen molar-refractivity contribution in [2.75, 3.05) is 18.0 Å². The normalized spacial score (nSPS) is 26.0. The zero-order valence-corrected chi connectivity index (χ0v) is 16.3. The molecule has 142 valence electrons. The molecular formula is C20H25N5OS. The molecule has 0 radical (unpaired) electrons. The van der Waals surface area contributed by atoms with Gasteiger partial charge in [0.2, 0.25) is 11.9 Å². The van der Waals surface area contributed by atoms with Gasteiger partial charge in [-0.15, -0.1) is 11.3 Å². The van der Waals surface area contributed by atoms with Crippen LogP contribution >= 0.6 is 11.3 Å². The maximum Gasteiger partial charge on any atom is 0.228 e. The van der Waals surface area contributed by atoms with Gasteiger partial charge in [-0.05, 0) is 31.7 Å². The van der Waals surface area contributed by atoms with Crippen molar-refractivity contribution in [3.05, 3.63) is 34.5 Å². The van der Waals surface area contributed by atoms with Crippen LogP contribution < -0.4 is 4.90 Å². The first-order valence-electron chi connectivity index (χ1n) is 10.0. The molecule has 3 aliphatic heterocycles. The second kappa shape index (κ2) is 7.19. The minimum Gasteiger partial charge on any atom is -0.338 e. The van der Waals surface area contributed by atoms with Crippen LogP contribution in [0.25, 0.3) is 0 Å². The zero-order chi connectivity index (χ0) is 18.2. The number of hydrogen-bond donors (Lipinski definition) is 0. The predicted octanol–water partition coefficient (Wildman–Crippen LogP) is 3.22.